The molecule has 1 rings (SSSR count). The highest BCUT2D eigenvalue weighted by molar-refractivity contribution is 5.34. The Morgan fingerprint density at radius 3 is 2.28 bits per heavy atom. The molecule has 2 nitrogen and oxygen atoms in total. The summed E-state index contributed by atoms with van der Waals surface area (Å²) in [6.07, 6.45) is -4.68. The van der Waals surface area contributed by atoms with Crippen molar-refractivity contribution < 1.29 is 22.7 Å². The minimum Gasteiger partial charge on any atom is -0.396 e. The van der Waals surface area contributed by atoms with Gasteiger partial charge in [-0.1, -0.05) is 19.9 Å². The highest BCUT2D eigenvalue weighted by Gasteiger charge is 2.39. The maximum atomic E-state index is 13.6. The van der Waals surface area contributed by atoms with Crippen LogP contribution in [0.25, 0.3) is 0 Å². The summed E-state index contributed by atoms with van der Waals surface area (Å²) in [7, 11) is 0. The van der Waals surface area contributed by atoms with Crippen molar-refractivity contribution in [3.05, 3.63) is 35.1 Å². The molecule has 0 saturated carbocycles. The van der Waals surface area contributed by atoms with E-state index in [9.17, 15) is 17.6 Å². The molecule has 0 aliphatic rings. The number of hydrogen-bond donors (Lipinski definition) is 2. The lowest BCUT2D eigenvalue weighted by Crippen LogP contribution is -2.34. The first-order valence-corrected chi connectivity index (χ1v) is 5.33. The molecule has 0 aliphatic heterocycles. The summed E-state index contributed by atoms with van der Waals surface area (Å²) in [6.45, 7) is 2.51. The lowest BCUT2D eigenvalue weighted by atomic mass is 9.80. The van der Waals surface area contributed by atoms with E-state index < -0.39 is 41.2 Å². The van der Waals surface area contributed by atoms with Gasteiger partial charge in [0.1, 0.15) is 5.82 Å². The van der Waals surface area contributed by atoms with Crippen LogP contribution in [-0.2, 0) is 6.18 Å². The summed E-state index contributed by atoms with van der Waals surface area (Å²) in [5.74, 6) is -1.01. The Kier molecular flexibility index (Phi) is 4.02. The zero-order valence-electron chi connectivity index (χ0n) is 10.1. The van der Waals surface area contributed by atoms with Gasteiger partial charge in [0.2, 0.25) is 0 Å². The van der Waals surface area contributed by atoms with Crippen molar-refractivity contribution in [2.45, 2.75) is 26.1 Å². The van der Waals surface area contributed by atoms with Crippen LogP contribution in [0, 0.1) is 11.2 Å². The zero-order chi connectivity index (χ0) is 14.1. The highest BCUT2D eigenvalue weighted by Crippen LogP contribution is 2.40. The summed E-state index contributed by atoms with van der Waals surface area (Å²) in [4.78, 5) is 0. The quantitative estimate of drug-likeness (QED) is 0.825. The molecule has 1 aromatic carbocycles. The van der Waals surface area contributed by atoms with E-state index in [2.05, 4.69) is 0 Å². The van der Waals surface area contributed by atoms with Crippen molar-refractivity contribution in [3.8, 4) is 0 Å². The molecule has 18 heavy (non-hydrogen) atoms. The molecule has 0 aliphatic carbocycles. The van der Waals surface area contributed by atoms with E-state index in [0.717, 1.165) is 18.2 Å². The number of aliphatic hydroxyl groups is 1. The van der Waals surface area contributed by atoms with E-state index in [-0.39, 0.29) is 0 Å². The Balaban J connectivity index is 3.40. The van der Waals surface area contributed by atoms with Gasteiger partial charge in [-0.15, -0.1) is 0 Å². The van der Waals surface area contributed by atoms with Crippen LogP contribution in [0.4, 0.5) is 17.6 Å². The van der Waals surface area contributed by atoms with Crippen LogP contribution < -0.4 is 5.73 Å². The molecular formula is C12H15F4NO. The first kappa shape index (κ1) is 14.9. The van der Waals surface area contributed by atoms with Crippen LogP contribution >= 0.6 is 0 Å². The van der Waals surface area contributed by atoms with Crippen LogP contribution in [0.2, 0.25) is 0 Å². The second-order valence-electron chi connectivity index (χ2n) is 4.82. The third-order valence-corrected chi connectivity index (χ3v) is 2.92. The fourth-order valence-corrected chi connectivity index (χ4v) is 1.59. The molecular weight excluding hydrogens is 250 g/mol. The van der Waals surface area contributed by atoms with E-state index in [1.54, 1.807) is 0 Å². The van der Waals surface area contributed by atoms with Crippen molar-refractivity contribution in [2.24, 2.45) is 11.1 Å². The smallest absolute Gasteiger partial charge is 0.396 e. The van der Waals surface area contributed by atoms with E-state index in [4.69, 9.17) is 10.8 Å². The summed E-state index contributed by atoms with van der Waals surface area (Å²) in [5.41, 5.74) is 2.92. The first-order chi connectivity index (χ1) is 8.11. The number of rotatable bonds is 3. The third-order valence-electron chi connectivity index (χ3n) is 2.92. The predicted octanol–water partition coefficient (Wildman–Crippen LogP) is 2.86. The molecule has 6 heteroatoms. The number of hydrogen-bond acceptors (Lipinski definition) is 2. The van der Waals surface area contributed by atoms with Crippen LogP contribution in [0.3, 0.4) is 0 Å². The van der Waals surface area contributed by atoms with Crippen molar-refractivity contribution in [1.82, 2.24) is 0 Å². The Morgan fingerprint density at radius 1 is 1.28 bits per heavy atom. The largest absolute Gasteiger partial charge is 0.416 e. The van der Waals surface area contributed by atoms with Gasteiger partial charge in [-0.2, -0.15) is 13.2 Å². The lowest BCUT2D eigenvalue weighted by molar-refractivity contribution is -0.139. The molecule has 0 spiro atoms. The average Bonchev–Trinajstić information content (AvgIpc) is 2.26. The van der Waals surface area contributed by atoms with Crippen molar-refractivity contribution in [1.29, 1.82) is 0 Å². The predicted molar refractivity (Wildman–Crippen MR) is 59.2 cm³/mol. The van der Waals surface area contributed by atoms with Crippen molar-refractivity contribution in [3.63, 3.8) is 0 Å². The lowest BCUT2D eigenvalue weighted by Gasteiger charge is -2.31. The summed E-state index contributed by atoms with van der Waals surface area (Å²) in [5, 5.41) is 9.13. The van der Waals surface area contributed by atoms with Crippen LogP contribution in [0.15, 0.2) is 18.2 Å². The fourth-order valence-electron chi connectivity index (χ4n) is 1.59. The number of benzene rings is 1. The van der Waals surface area contributed by atoms with Gasteiger partial charge in [0.05, 0.1) is 5.56 Å². The molecule has 1 aromatic rings. The van der Waals surface area contributed by atoms with Crippen molar-refractivity contribution >= 4 is 0 Å². The van der Waals surface area contributed by atoms with E-state index in [0.29, 0.717) is 0 Å². The van der Waals surface area contributed by atoms with Gasteiger partial charge < -0.3 is 10.8 Å². The van der Waals surface area contributed by atoms with E-state index in [1.807, 2.05) is 0 Å². The van der Waals surface area contributed by atoms with Gasteiger partial charge in [0, 0.05) is 23.6 Å². The van der Waals surface area contributed by atoms with Crippen molar-refractivity contribution in [2.75, 3.05) is 6.61 Å². The van der Waals surface area contributed by atoms with Gasteiger partial charge in [-0.25, -0.2) is 4.39 Å². The Morgan fingerprint density at radius 2 is 1.83 bits per heavy atom. The molecule has 0 bridgehead atoms. The number of alkyl halides is 3. The van der Waals surface area contributed by atoms with Crippen LogP contribution in [0.1, 0.15) is 31.0 Å². The van der Waals surface area contributed by atoms with Crippen LogP contribution in [-0.4, -0.2) is 11.7 Å². The average molecular weight is 265 g/mol. The standard InChI is InChI=1S/C12H15F4NO/c1-11(2,6-18)10(17)9-7(12(14,15)16)4-3-5-8(9)13/h3-5,10,18H,6,17H2,1-2H3/t10-/m1/s1. The molecule has 1 atom stereocenters. The molecule has 3 N–H and O–H groups in total. The van der Waals surface area contributed by atoms with Gasteiger partial charge in [-0.05, 0) is 12.1 Å². The van der Waals surface area contributed by atoms with Crippen LogP contribution in [0.5, 0.6) is 0 Å². The van der Waals surface area contributed by atoms with Gasteiger partial charge in [0.25, 0.3) is 0 Å². The zero-order valence-corrected chi connectivity index (χ0v) is 10.1. The molecule has 0 unspecified atom stereocenters. The van der Waals surface area contributed by atoms with Gasteiger partial charge >= 0.3 is 6.18 Å². The normalized spacial score (nSPS) is 14.7. The molecule has 0 amide bonds. The summed E-state index contributed by atoms with van der Waals surface area (Å²) >= 11 is 0. The molecule has 0 aromatic heterocycles. The number of aliphatic hydroxyl groups excluding tert-OH is 1. The third kappa shape index (κ3) is 2.81. The molecule has 0 heterocycles. The highest BCUT2D eigenvalue weighted by atomic mass is 19.4. The minimum atomic E-state index is -4.68. The first-order valence-electron chi connectivity index (χ1n) is 5.33. The Bertz CT molecular complexity index is 429. The van der Waals surface area contributed by atoms with Gasteiger partial charge in [0.15, 0.2) is 0 Å². The van der Waals surface area contributed by atoms with Gasteiger partial charge in [-0.3, -0.25) is 0 Å². The summed E-state index contributed by atoms with van der Waals surface area (Å²) in [6, 6.07) is 1.45. The molecule has 0 radical (unpaired) electrons. The molecule has 0 saturated heterocycles. The number of halogens is 4. The Hall–Kier alpha value is -1.14. The minimum absolute atomic E-state index is 0.445. The SMILES string of the molecule is CC(C)(CO)[C@H](N)c1c(F)cccc1C(F)(F)F. The van der Waals surface area contributed by atoms with E-state index >= 15 is 0 Å². The molecule has 102 valence electrons. The monoisotopic (exact) mass is 265 g/mol. The maximum absolute atomic E-state index is 13.6. The molecule has 0 fully saturated rings. The summed E-state index contributed by atoms with van der Waals surface area (Å²) < 4.78 is 52.0. The van der Waals surface area contributed by atoms with E-state index in [1.165, 1.54) is 13.8 Å². The second-order valence-corrected chi connectivity index (χ2v) is 4.82. The second kappa shape index (κ2) is 4.85. The Labute approximate surface area is 102 Å². The topological polar surface area (TPSA) is 46.2 Å². The fraction of sp³-hybridized carbons (Fsp3) is 0.500. The number of nitrogens with two attached hydrogens (primary N) is 1. The maximum Gasteiger partial charge on any atom is 0.416 e.